The lowest BCUT2D eigenvalue weighted by atomic mass is 10.2. The molecule has 0 radical (unpaired) electrons. The molecule has 0 saturated heterocycles. The van der Waals surface area contributed by atoms with Gasteiger partial charge in [-0.1, -0.05) is 0 Å². The zero-order valence-electron chi connectivity index (χ0n) is 13.8. The number of anilines is 2. The number of thiazole rings is 1. The first-order valence-corrected chi connectivity index (χ1v) is 8.59. The molecule has 0 aliphatic rings. The normalized spacial score (nSPS) is 10.8. The molecule has 3 rings (SSSR count). The van der Waals surface area contributed by atoms with Gasteiger partial charge in [0, 0.05) is 35.6 Å². The standard InChI is InChI=1S/C18H20N4OS/c1-22(2)11-12-23-16-5-3-15(4-6-16)20-18-21-17(13-24-18)14-7-9-19-10-8-14/h3-10,13H,11-12H2,1-2H3,(H,20,21). The molecule has 2 aromatic heterocycles. The van der Waals surface area contributed by atoms with E-state index in [1.807, 2.05) is 55.9 Å². The summed E-state index contributed by atoms with van der Waals surface area (Å²) in [5, 5.41) is 6.23. The van der Waals surface area contributed by atoms with Crippen molar-refractivity contribution in [2.24, 2.45) is 0 Å². The molecule has 0 atom stereocenters. The highest BCUT2D eigenvalue weighted by molar-refractivity contribution is 7.14. The number of rotatable bonds is 7. The third-order valence-corrected chi connectivity index (χ3v) is 4.15. The van der Waals surface area contributed by atoms with Gasteiger partial charge in [-0.15, -0.1) is 11.3 Å². The summed E-state index contributed by atoms with van der Waals surface area (Å²) in [7, 11) is 4.06. The maximum atomic E-state index is 5.70. The van der Waals surface area contributed by atoms with E-state index in [9.17, 15) is 0 Å². The predicted octanol–water partition coefficient (Wildman–Crippen LogP) is 3.89. The van der Waals surface area contributed by atoms with Crippen molar-refractivity contribution in [2.45, 2.75) is 0 Å². The number of nitrogens with zero attached hydrogens (tertiary/aromatic N) is 3. The Kier molecular flexibility index (Phi) is 5.40. The summed E-state index contributed by atoms with van der Waals surface area (Å²) in [6.45, 7) is 1.58. The van der Waals surface area contributed by atoms with Crippen molar-refractivity contribution >= 4 is 22.2 Å². The molecule has 0 unspecified atom stereocenters. The minimum Gasteiger partial charge on any atom is -0.492 e. The number of pyridine rings is 1. The molecular weight excluding hydrogens is 320 g/mol. The van der Waals surface area contributed by atoms with E-state index < -0.39 is 0 Å². The quantitative estimate of drug-likeness (QED) is 0.707. The third-order valence-electron chi connectivity index (χ3n) is 3.39. The molecule has 124 valence electrons. The number of likely N-dealkylation sites (N-methyl/N-ethyl adjacent to an activating group) is 1. The van der Waals surface area contributed by atoms with Gasteiger partial charge in [-0.25, -0.2) is 4.98 Å². The van der Waals surface area contributed by atoms with Crippen LogP contribution in [0.3, 0.4) is 0 Å². The zero-order chi connectivity index (χ0) is 16.8. The molecule has 0 saturated carbocycles. The Morgan fingerprint density at radius 2 is 1.83 bits per heavy atom. The van der Waals surface area contributed by atoms with E-state index >= 15 is 0 Å². The molecule has 0 bridgehead atoms. The van der Waals surface area contributed by atoms with Crippen LogP contribution in [0.2, 0.25) is 0 Å². The van der Waals surface area contributed by atoms with Crippen molar-refractivity contribution < 1.29 is 4.74 Å². The fraction of sp³-hybridized carbons (Fsp3) is 0.222. The van der Waals surface area contributed by atoms with E-state index in [0.29, 0.717) is 6.61 Å². The lowest BCUT2D eigenvalue weighted by Gasteiger charge is -2.11. The van der Waals surface area contributed by atoms with Crippen LogP contribution in [-0.2, 0) is 0 Å². The number of ether oxygens (including phenoxy) is 1. The van der Waals surface area contributed by atoms with Gasteiger partial charge < -0.3 is 15.0 Å². The summed E-state index contributed by atoms with van der Waals surface area (Å²) in [5.74, 6) is 0.874. The second kappa shape index (κ2) is 7.90. The first kappa shape index (κ1) is 16.4. The third kappa shape index (κ3) is 4.53. The zero-order valence-corrected chi connectivity index (χ0v) is 14.6. The smallest absolute Gasteiger partial charge is 0.187 e. The molecule has 0 spiro atoms. The minimum atomic E-state index is 0.682. The molecule has 1 N–H and O–H groups in total. The fourth-order valence-electron chi connectivity index (χ4n) is 2.09. The van der Waals surface area contributed by atoms with Crippen molar-refractivity contribution in [1.29, 1.82) is 0 Å². The summed E-state index contributed by atoms with van der Waals surface area (Å²) in [5.41, 5.74) is 3.01. The first-order chi connectivity index (χ1) is 11.7. The second-order valence-electron chi connectivity index (χ2n) is 5.57. The number of aromatic nitrogens is 2. The lowest BCUT2D eigenvalue weighted by molar-refractivity contribution is 0.261. The molecule has 0 fully saturated rings. The van der Waals surface area contributed by atoms with Crippen LogP contribution < -0.4 is 10.1 Å². The van der Waals surface area contributed by atoms with Gasteiger partial charge >= 0.3 is 0 Å². The highest BCUT2D eigenvalue weighted by atomic mass is 32.1. The van der Waals surface area contributed by atoms with Gasteiger partial charge in [0.25, 0.3) is 0 Å². The summed E-state index contributed by atoms with van der Waals surface area (Å²) in [6, 6.07) is 11.8. The van der Waals surface area contributed by atoms with Gasteiger partial charge in [0.05, 0.1) is 5.69 Å². The monoisotopic (exact) mass is 340 g/mol. The Labute approximate surface area is 146 Å². The van der Waals surface area contributed by atoms with Crippen LogP contribution >= 0.6 is 11.3 Å². The SMILES string of the molecule is CN(C)CCOc1ccc(Nc2nc(-c3ccncc3)cs2)cc1. The molecule has 5 nitrogen and oxygen atoms in total. The van der Waals surface area contributed by atoms with E-state index in [1.165, 1.54) is 0 Å². The number of hydrogen-bond acceptors (Lipinski definition) is 6. The molecule has 2 heterocycles. The Morgan fingerprint density at radius 1 is 1.08 bits per heavy atom. The minimum absolute atomic E-state index is 0.682. The van der Waals surface area contributed by atoms with Crippen molar-refractivity contribution in [2.75, 3.05) is 32.6 Å². The van der Waals surface area contributed by atoms with Crippen LogP contribution in [0.4, 0.5) is 10.8 Å². The van der Waals surface area contributed by atoms with Gasteiger partial charge in [-0.05, 0) is 50.5 Å². The van der Waals surface area contributed by atoms with Crippen LogP contribution in [0.15, 0.2) is 54.2 Å². The summed E-state index contributed by atoms with van der Waals surface area (Å²) < 4.78 is 5.70. The Morgan fingerprint density at radius 3 is 2.54 bits per heavy atom. The van der Waals surface area contributed by atoms with E-state index in [-0.39, 0.29) is 0 Å². The van der Waals surface area contributed by atoms with Gasteiger partial charge in [0.2, 0.25) is 0 Å². The summed E-state index contributed by atoms with van der Waals surface area (Å²) in [4.78, 5) is 10.7. The molecule has 3 aromatic rings. The second-order valence-corrected chi connectivity index (χ2v) is 6.43. The number of benzene rings is 1. The maximum Gasteiger partial charge on any atom is 0.187 e. The predicted molar refractivity (Wildman–Crippen MR) is 99.1 cm³/mol. The molecule has 0 aliphatic carbocycles. The lowest BCUT2D eigenvalue weighted by Crippen LogP contribution is -2.19. The number of nitrogens with one attached hydrogen (secondary N) is 1. The van der Waals surface area contributed by atoms with E-state index in [0.717, 1.165) is 34.4 Å². The van der Waals surface area contributed by atoms with Crippen molar-refractivity contribution in [3.05, 3.63) is 54.2 Å². The van der Waals surface area contributed by atoms with E-state index in [1.54, 1.807) is 23.7 Å². The first-order valence-electron chi connectivity index (χ1n) is 7.71. The molecule has 24 heavy (non-hydrogen) atoms. The van der Waals surface area contributed by atoms with Crippen LogP contribution in [0.25, 0.3) is 11.3 Å². The van der Waals surface area contributed by atoms with Crippen LogP contribution in [0.1, 0.15) is 0 Å². The van der Waals surface area contributed by atoms with Gasteiger partial charge in [0.1, 0.15) is 12.4 Å². The highest BCUT2D eigenvalue weighted by Crippen LogP contribution is 2.27. The Balaban J connectivity index is 1.59. The highest BCUT2D eigenvalue weighted by Gasteiger charge is 2.05. The van der Waals surface area contributed by atoms with Crippen molar-refractivity contribution in [3.8, 4) is 17.0 Å². The molecule has 6 heteroatoms. The average molecular weight is 340 g/mol. The van der Waals surface area contributed by atoms with Crippen molar-refractivity contribution in [1.82, 2.24) is 14.9 Å². The summed E-state index contributed by atoms with van der Waals surface area (Å²) >= 11 is 1.58. The fourth-order valence-corrected chi connectivity index (χ4v) is 2.83. The molecule has 1 aromatic carbocycles. The van der Waals surface area contributed by atoms with Crippen molar-refractivity contribution in [3.63, 3.8) is 0 Å². The summed E-state index contributed by atoms with van der Waals surface area (Å²) in [6.07, 6.45) is 3.55. The van der Waals surface area contributed by atoms with E-state index in [2.05, 4.69) is 20.2 Å². The average Bonchev–Trinajstić information content (AvgIpc) is 3.05. The van der Waals surface area contributed by atoms with Crippen LogP contribution in [0.5, 0.6) is 5.75 Å². The van der Waals surface area contributed by atoms with Crippen LogP contribution in [0, 0.1) is 0 Å². The van der Waals surface area contributed by atoms with Crippen LogP contribution in [-0.4, -0.2) is 42.1 Å². The number of hydrogen-bond donors (Lipinski definition) is 1. The molecular formula is C18H20N4OS. The largest absolute Gasteiger partial charge is 0.492 e. The molecule has 0 amide bonds. The topological polar surface area (TPSA) is 50.3 Å². The van der Waals surface area contributed by atoms with E-state index in [4.69, 9.17) is 4.74 Å². The van der Waals surface area contributed by atoms with Gasteiger partial charge in [0.15, 0.2) is 5.13 Å². The van der Waals surface area contributed by atoms with Gasteiger partial charge in [-0.2, -0.15) is 0 Å². The van der Waals surface area contributed by atoms with Gasteiger partial charge in [-0.3, -0.25) is 4.98 Å². The Hall–Kier alpha value is -2.44. The Bertz CT molecular complexity index is 756. The molecule has 0 aliphatic heterocycles. The maximum absolute atomic E-state index is 5.70.